The van der Waals surface area contributed by atoms with Gasteiger partial charge in [-0.2, -0.15) is 0 Å². The van der Waals surface area contributed by atoms with Crippen molar-refractivity contribution in [3.05, 3.63) is 72.1 Å². The van der Waals surface area contributed by atoms with Gasteiger partial charge in [0.2, 0.25) is 0 Å². The first-order valence-corrected chi connectivity index (χ1v) is 11.1. The van der Waals surface area contributed by atoms with Crippen molar-refractivity contribution in [3.63, 3.8) is 0 Å². The number of allylic oxidation sites excluding steroid dienone is 1. The zero-order chi connectivity index (χ0) is 19.5. The van der Waals surface area contributed by atoms with E-state index in [1.165, 1.54) is 56.1 Å². The first-order chi connectivity index (χ1) is 13.6. The highest BCUT2D eigenvalue weighted by Crippen LogP contribution is 2.48. The summed E-state index contributed by atoms with van der Waals surface area (Å²) in [4.78, 5) is 0. The smallest absolute Gasteiger partial charge is 0.131 e. The van der Waals surface area contributed by atoms with Gasteiger partial charge in [0, 0.05) is 5.56 Å². The molecule has 4 rings (SSSR count). The van der Waals surface area contributed by atoms with Crippen molar-refractivity contribution in [2.75, 3.05) is 0 Å². The molecule has 0 nitrogen and oxygen atoms in total. The lowest BCUT2D eigenvalue weighted by atomic mass is 9.63. The molecule has 2 fully saturated rings. The Morgan fingerprint density at radius 2 is 1.71 bits per heavy atom. The molecule has 0 aliphatic heterocycles. The molecular formula is C27H33F. The Kier molecular flexibility index (Phi) is 5.99. The monoisotopic (exact) mass is 376 g/mol. The van der Waals surface area contributed by atoms with E-state index in [1.807, 2.05) is 24.3 Å². The van der Waals surface area contributed by atoms with E-state index in [1.54, 1.807) is 0 Å². The summed E-state index contributed by atoms with van der Waals surface area (Å²) in [6.07, 6.45) is 12.5. The number of halogens is 1. The third kappa shape index (κ3) is 4.24. The molecule has 4 unspecified atom stereocenters. The van der Waals surface area contributed by atoms with Gasteiger partial charge < -0.3 is 0 Å². The summed E-state index contributed by atoms with van der Waals surface area (Å²) in [5.74, 6) is 3.11. The Morgan fingerprint density at radius 3 is 2.46 bits per heavy atom. The van der Waals surface area contributed by atoms with E-state index >= 15 is 0 Å². The van der Waals surface area contributed by atoms with E-state index in [2.05, 4.69) is 37.8 Å². The predicted molar refractivity (Wildman–Crippen MR) is 117 cm³/mol. The lowest BCUT2D eigenvalue weighted by Gasteiger charge is -2.42. The molecule has 148 valence electrons. The van der Waals surface area contributed by atoms with Crippen LogP contribution in [0.15, 0.2) is 55.1 Å². The topological polar surface area (TPSA) is 0 Å². The van der Waals surface area contributed by atoms with Gasteiger partial charge in [-0.3, -0.25) is 0 Å². The Labute approximate surface area is 169 Å². The van der Waals surface area contributed by atoms with Crippen LogP contribution in [0.3, 0.4) is 0 Å². The molecule has 2 aliphatic rings. The maximum Gasteiger partial charge on any atom is 0.131 e. The van der Waals surface area contributed by atoms with E-state index < -0.39 is 0 Å². The Hall–Kier alpha value is -1.89. The van der Waals surface area contributed by atoms with Gasteiger partial charge in [0.25, 0.3) is 0 Å². The molecule has 0 saturated heterocycles. The van der Waals surface area contributed by atoms with Gasteiger partial charge in [0.05, 0.1) is 0 Å². The number of fused-ring (bicyclic) bond motifs is 1. The van der Waals surface area contributed by atoms with Crippen LogP contribution in [0.2, 0.25) is 0 Å². The zero-order valence-electron chi connectivity index (χ0n) is 17.2. The van der Waals surface area contributed by atoms with Gasteiger partial charge in [0.15, 0.2) is 0 Å². The van der Waals surface area contributed by atoms with Crippen LogP contribution in [-0.4, -0.2) is 0 Å². The standard InChI is InChI=1S/C27H33F/c1-3-4-5-20-8-11-23-17-24(13-12-22(23)16-20)25-14-15-26(27(28)18-25)21-9-6-19(2)7-10-21/h3,6-7,9-10,14-15,18,20,22-24H,1,4-5,8,11-13,16-17H2,2H3. The van der Waals surface area contributed by atoms with Crippen molar-refractivity contribution in [3.8, 4) is 11.1 Å². The van der Waals surface area contributed by atoms with Crippen LogP contribution >= 0.6 is 0 Å². The number of hydrogen-bond acceptors (Lipinski definition) is 0. The highest BCUT2D eigenvalue weighted by molar-refractivity contribution is 5.64. The predicted octanol–water partition coefficient (Wildman–Crippen LogP) is 8.07. The van der Waals surface area contributed by atoms with Crippen molar-refractivity contribution in [1.29, 1.82) is 0 Å². The lowest BCUT2D eigenvalue weighted by Crippen LogP contribution is -2.30. The molecule has 2 saturated carbocycles. The third-order valence-corrected chi connectivity index (χ3v) is 7.33. The highest BCUT2D eigenvalue weighted by atomic mass is 19.1. The van der Waals surface area contributed by atoms with Crippen LogP contribution in [0.25, 0.3) is 11.1 Å². The molecule has 0 bridgehead atoms. The van der Waals surface area contributed by atoms with E-state index in [4.69, 9.17) is 0 Å². The Morgan fingerprint density at radius 1 is 0.964 bits per heavy atom. The second kappa shape index (κ2) is 8.64. The zero-order valence-corrected chi connectivity index (χ0v) is 17.2. The largest absolute Gasteiger partial charge is 0.206 e. The molecule has 1 heteroatoms. The van der Waals surface area contributed by atoms with Crippen LogP contribution in [0.4, 0.5) is 4.39 Å². The maximum absolute atomic E-state index is 14.9. The summed E-state index contributed by atoms with van der Waals surface area (Å²) >= 11 is 0. The van der Waals surface area contributed by atoms with Gasteiger partial charge >= 0.3 is 0 Å². The molecule has 0 radical (unpaired) electrons. The van der Waals surface area contributed by atoms with Gasteiger partial charge in [-0.15, -0.1) is 6.58 Å². The van der Waals surface area contributed by atoms with E-state index in [0.29, 0.717) is 5.92 Å². The summed E-state index contributed by atoms with van der Waals surface area (Å²) in [7, 11) is 0. The second-order valence-corrected chi connectivity index (χ2v) is 9.18. The number of aryl methyl sites for hydroxylation is 1. The van der Waals surface area contributed by atoms with Crippen LogP contribution in [0.5, 0.6) is 0 Å². The Balaban J connectivity index is 1.42. The molecule has 0 spiro atoms. The normalized spacial score (nSPS) is 27.2. The fourth-order valence-corrected chi connectivity index (χ4v) is 5.66. The molecule has 2 aliphatic carbocycles. The molecule has 2 aromatic carbocycles. The minimum atomic E-state index is -0.0726. The maximum atomic E-state index is 14.9. The number of hydrogen-bond donors (Lipinski definition) is 0. The van der Waals surface area contributed by atoms with E-state index in [9.17, 15) is 4.39 Å². The molecule has 0 amide bonds. The summed E-state index contributed by atoms with van der Waals surface area (Å²) < 4.78 is 14.9. The van der Waals surface area contributed by atoms with Gasteiger partial charge in [-0.25, -0.2) is 4.39 Å². The van der Waals surface area contributed by atoms with Crippen LogP contribution in [0, 0.1) is 30.5 Å². The fraction of sp³-hybridized carbons (Fsp3) is 0.481. The van der Waals surface area contributed by atoms with Crippen molar-refractivity contribution in [2.45, 2.75) is 64.2 Å². The van der Waals surface area contributed by atoms with Crippen molar-refractivity contribution < 1.29 is 4.39 Å². The molecule has 2 aromatic rings. The second-order valence-electron chi connectivity index (χ2n) is 9.18. The average Bonchev–Trinajstić information content (AvgIpc) is 2.72. The summed E-state index contributed by atoms with van der Waals surface area (Å²) in [6.45, 7) is 5.94. The fourth-order valence-electron chi connectivity index (χ4n) is 5.66. The van der Waals surface area contributed by atoms with E-state index in [-0.39, 0.29) is 5.82 Å². The molecular weight excluding hydrogens is 343 g/mol. The molecule has 0 heterocycles. The van der Waals surface area contributed by atoms with E-state index in [0.717, 1.165) is 35.3 Å². The third-order valence-electron chi connectivity index (χ3n) is 7.33. The van der Waals surface area contributed by atoms with Gasteiger partial charge in [-0.1, -0.05) is 54.5 Å². The molecule has 0 aromatic heterocycles. The van der Waals surface area contributed by atoms with Crippen LogP contribution < -0.4 is 0 Å². The average molecular weight is 377 g/mol. The summed E-state index contributed by atoms with van der Waals surface area (Å²) in [6, 6.07) is 14.1. The van der Waals surface area contributed by atoms with Crippen molar-refractivity contribution >= 4 is 0 Å². The molecule has 0 N–H and O–H groups in total. The molecule has 28 heavy (non-hydrogen) atoms. The molecule has 4 atom stereocenters. The summed E-state index contributed by atoms with van der Waals surface area (Å²) in [5, 5.41) is 0. The van der Waals surface area contributed by atoms with Crippen LogP contribution in [-0.2, 0) is 0 Å². The minimum absolute atomic E-state index is 0.0726. The quantitative estimate of drug-likeness (QED) is 0.463. The summed E-state index contributed by atoms with van der Waals surface area (Å²) in [5.41, 5.74) is 4.11. The van der Waals surface area contributed by atoms with Crippen molar-refractivity contribution in [2.24, 2.45) is 17.8 Å². The number of rotatable bonds is 5. The first kappa shape index (κ1) is 19.4. The SMILES string of the molecule is C=CCCC1CCC2CC(c3ccc(-c4ccc(C)cc4)c(F)c3)CCC2C1. The highest BCUT2D eigenvalue weighted by Gasteiger charge is 2.35. The minimum Gasteiger partial charge on any atom is -0.206 e. The number of benzene rings is 2. The van der Waals surface area contributed by atoms with Crippen LogP contribution in [0.1, 0.15) is 68.4 Å². The van der Waals surface area contributed by atoms with Crippen molar-refractivity contribution in [1.82, 2.24) is 0 Å². The van der Waals surface area contributed by atoms with Gasteiger partial charge in [0.1, 0.15) is 5.82 Å². The first-order valence-electron chi connectivity index (χ1n) is 11.1. The Bertz CT molecular complexity index is 804. The van der Waals surface area contributed by atoms with Gasteiger partial charge in [-0.05, 0) is 92.7 Å². The lowest BCUT2D eigenvalue weighted by molar-refractivity contribution is 0.115.